The first-order chi connectivity index (χ1) is 9.76. The summed E-state index contributed by atoms with van der Waals surface area (Å²) >= 11 is 0. The second-order valence-corrected chi connectivity index (χ2v) is 5.18. The number of anilines is 1. The topological polar surface area (TPSA) is 105 Å². The summed E-state index contributed by atoms with van der Waals surface area (Å²) in [4.78, 5) is 12.7. The van der Waals surface area contributed by atoms with Crippen molar-refractivity contribution in [3.05, 3.63) is 12.7 Å². The van der Waals surface area contributed by atoms with Crippen LogP contribution in [0.3, 0.4) is 0 Å². The van der Waals surface area contributed by atoms with Gasteiger partial charge in [0.2, 0.25) is 0 Å². The first-order valence-corrected chi connectivity index (χ1v) is 6.56. The molecule has 2 aromatic heterocycles. The predicted molar refractivity (Wildman–Crippen MR) is 69.2 cm³/mol. The smallest absolute Gasteiger partial charge is 0.165 e. The van der Waals surface area contributed by atoms with Gasteiger partial charge in [-0.05, 0) is 0 Å². The molecule has 5 atom stereocenters. The van der Waals surface area contributed by atoms with Crippen LogP contribution in [-0.2, 0) is 4.74 Å². The summed E-state index contributed by atoms with van der Waals surface area (Å²) in [6.07, 6.45) is 2.00. The van der Waals surface area contributed by atoms with Gasteiger partial charge in [-0.3, -0.25) is 0 Å². The zero-order chi connectivity index (χ0) is 13.9. The number of nitrogens with zero attached hydrogens (tertiary/aromatic N) is 4. The van der Waals surface area contributed by atoms with Crippen molar-refractivity contribution >= 4 is 17.0 Å². The monoisotopic (exact) mass is 277 g/mol. The summed E-state index contributed by atoms with van der Waals surface area (Å²) in [5, 5.41) is 22.2. The first kappa shape index (κ1) is 12.0. The largest absolute Gasteiger partial charge is 0.394 e. The zero-order valence-electron chi connectivity index (χ0n) is 10.8. The highest BCUT2D eigenvalue weighted by Crippen LogP contribution is 2.55. The van der Waals surface area contributed by atoms with E-state index >= 15 is 0 Å². The molecule has 0 spiro atoms. The minimum Gasteiger partial charge on any atom is -0.394 e. The lowest BCUT2D eigenvalue weighted by atomic mass is 10.1. The zero-order valence-corrected chi connectivity index (χ0v) is 10.8. The highest BCUT2D eigenvalue weighted by molar-refractivity contribution is 5.82. The molecule has 3 N–H and O–H groups in total. The number of aliphatic hydroxyl groups is 2. The molecule has 0 radical (unpaired) electrons. The van der Waals surface area contributed by atoms with Gasteiger partial charge in [0.25, 0.3) is 0 Å². The molecular weight excluding hydrogens is 262 g/mol. The van der Waals surface area contributed by atoms with Gasteiger partial charge in [-0.2, -0.15) is 0 Å². The van der Waals surface area contributed by atoms with Crippen LogP contribution in [0.1, 0.15) is 6.04 Å². The second kappa shape index (κ2) is 4.11. The van der Waals surface area contributed by atoms with Gasteiger partial charge in [0.15, 0.2) is 11.5 Å². The van der Waals surface area contributed by atoms with Gasteiger partial charge in [0.1, 0.15) is 17.9 Å². The fourth-order valence-corrected chi connectivity index (χ4v) is 3.13. The van der Waals surface area contributed by atoms with E-state index in [0.717, 1.165) is 5.65 Å². The Morgan fingerprint density at radius 3 is 2.90 bits per heavy atom. The predicted octanol–water partition coefficient (Wildman–Crippen LogP) is -0.841. The minimum absolute atomic E-state index is 0.00227. The van der Waals surface area contributed by atoms with E-state index in [1.54, 1.807) is 13.4 Å². The number of ether oxygens (including phenoxy) is 1. The van der Waals surface area contributed by atoms with Crippen molar-refractivity contribution in [2.45, 2.75) is 24.4 Å². The molecule has 0 amide bonds. The molecule has 8 heteroatoms. The standard InChI is InChI=1S/C12H15N5O3/c1-13-11-7-12(15-3-14-11)17(4-16-7)8-6-9(19)5(2-18)20-10(6)8/h3-6,8-10,18-19H,2H2,1H3,(H,13,14,15)/t5-,6?,8?,9-,10-/m1/s1. The van der Waals surface area contributed by atoms with E-state index in [2.05, 4.69) is 20.3 Å². The van der Waals surface area contributed by atoms with Crippen LogP contribution in [-0.4, -0.2) is 61.7 Å². The van der Waals surface area contributed by atoms with E-state index in [-0.39, 0.29) is 24.7 Å². The fourth-order valence-electron chi connectivity index (χ4n) is 3.13. The van der Waals surface area contributed by atoms with Crippen LogP contribution in [0.25, 0.3) is 11.2 Å². The van der Waals surface area contributed by atoms with Gasteiger partial charge in [-0.1, -0.05) is 0 Å². The highest BCUT2D eigenvalue weighted by atomic mass is 16.5. The summed E-state index contributed by atoms with van der Waals surface area (Å²) in [6, 6.07) is 0.0254. The van der Waals surface area contributed by atoms with E-state index in [0.29, 0.717) is 11.3 Å². The molecule has 1 aliphatic carbocycles. The maximum Gasteiger partial charge on any atom is 0.165 e. The van der Waals surface area contributed by atoms with Crippen molar-refractivity contribution in [3.8, 4) is 0 Å². The highest BCUT2D eigenvalue weighted by Gasteiger charge is 2.64. The third kappa shape index (κ3) is 1.43. The number of imidazole rings is 1. The molecule has 2 unspecified atom stereocenters. The molecule has 0 bridgehead atoms. The van der Waals surface area contributed by atoms with Crippen LogP contribution in [0.4, 0.5) is 5.82 Å². The van der Waals surface area contributed by atoms with Crippen molar-refractivity contribution in [3.63, 3.8) is 0 Å². The van der Waals surface area contributed by atoms with Crippen molar-refractivity contribution in [2.75, 3.05) is 19.0 Å². The molecule has 3 heterocycles. The quantitative estimate of drug-likeness (QED) is 0.671. The number of hydrogen-bond donors (Lipinski definition) is 3. The third-order valence-corrected chi connectivity index (χ3v) is 4.17. The van der Waals surface area contributed by atoms with Crippen LogP contribution < -0.4 is 5.32 Å². The van der Waals surface area contributed by atoms with Crippen LogP contribution in [0.15, 0.2) is 12.7 Å². The van der Waals surface area contributed by atoms with Crippen LogP contribution in [0.5, 0.6) is 0 Å². The average molecular weight is 277 g/mol. The first-order valence-electron chi connectivity index (χ1n) is 6.56. The molecule has 2 fully saturated rings. The number of rotatable bonds is 3. The lowest BCUT2D eigenvalue weighted by Crippen LogP contribution is -2.30. The summed E-state index contributed by atoms with van der Waals surface area (Å²) < 4.78 is 7.55. The molecule has 1 saturated carbocycles. The average Bonchev–Trinajstić information content (AvgIpc) is 2.85. The molecule has 106 valence electrons. The molecule has 2 aromatic rings. The van der Waals surface area contributed by atoms with Gasteiger partial charge < -0.3 is 24.8 Å². The van der Waals surface area contributed by atoms with E-state index in [9.17, 15) is 5.11 Å². The molecular formula is C12H15N5O3. The molecule has 0 aromatic carbocycles. The van der Waals surface area contributed by atoms with Crippen molar-refractivity contribution in [1.82, 2.24) is 19.5 Å². The van der Waals surface area contributed by atoms with Gasteiger partial charge in [0, 0.05) is 13.0 Å². The SMILES string of the molecule is CNc1ncnc2c1ncn2C1C2[C@H]1O[C@H](CO)[C@H]2O. The number of nitrogens with one attached hydrogen (secondary N) is 1. The van der Waals surface area contributed by atoms with Crippen LogP contribution in [0.2, 0.25) is 0 Å². The number of aromatic nitrogens is 4. The van der Waals surface area contributed by atoms with E-state index in [1.165, 1.54) is 6.33 Å². The lowest BCUT2D eigenvalue weighted by Gasteiger charge is -2.17. The van der Waals surface area contributed by atoms with Crippen LogP contribution in [0, 0.1) is 5.92 Å². The van der Waals surface area contributed by atoms with Crippen molar-refractivity contribution in [1.29, 1.82) is 0 Å². The Labute approximate surface area is 114 Å². The Kier molecular flexibility index (Phi) is 2.47. The molecule has 1 aliphatic heterocycles. The minimum atomic E-state index is -0.641. The van der Waals surface area contributed by atoms with E-state index in [4.69, 9.17) is 9.84 Å². The van der Waals surface area contributed by atoms with Crippen molar-refractivity contribution in [2.24, 2.45) is 5.92 Å². The maximum atomic E-state index is 10.1. The molecule has 2 aliphatic rings. The summed E-state index contributed by atoms with van der Waals surface area (Å²) in [5.74, 6) is 0.673. The lowest BCUT2D eigenvalue weighted by molar-refractivity contribution is -0.0364. The van der Waals surface area contributed by atoms with Crippen LogP contribution >= 0.6 is 0 Å². The number of aliphatic hydroxyl groups excluding tert-OH is 2. The Bertz CT molecular complexity index is 660. The van der Waals surface area contributed by atoms with E-state index < -0.39 is 12.2 Å². The Balaban J connectivity index is 1.69. The normalized spacial score (nSPS) is 35.2. The maximum absolute atomic E-state index is 10.1. The van der Waals surface area contributed by atoms with Gasteiger partial charge in [-0.25, -0.2) is 15.0 Å². The van der Waals surface area contributed by atoms with E-state index in [1.807, 2.05) is 4.57 Å². The Morgan fingerprint density at radius 1 is 1.40 bits per heavy atom. The Morgan fingerprint density at radius 2 is 2.25 bits per heavy atom. The second-order valence-electron chi connectivity index (χ2n) is 5.18. The summed E-state index contributed by atoms with van der Waals surface area (Å²) in [6.45, 7) is -0.155. The molecule has 1 saturated heterocycles. The molecule has 4 rings (SSSR count). The van der Waals surface area contributed by atoms with Gasteiger partial charge >= 0.3 is 0 Å². The molecule has 20 heavy (non-hydrogen) atoms. The third-order valence-electron chi connectivity index (χ3n) is 4.17. The molecule has 8 nitrogen and oxygen atoms in total. The van der Waals surface area contributed by atoms with Gasteiger partial charge in [0.05, 0.1) is 31.2 Å². The number of fused-ring (bicyclic) bond motifs is 2. The number of hydrogen-bond acceptors (Lipinski definition) is 7. The van der Waals surface area contributed by atoms with Gasteiger partial charge in [-0.15, -0.1) is 0 Å². The fraction of sp³-hybridized carbons (Fsp3) is 0.583. The van der Waals surface area contributed by atoms with Crippen molar-refractivity contribution < 1.29 is 14.9 Å². The Hall–Kier alpha value is -1.77. The summed E-state index contributed by atoms with van der Waals surface area (Å²) in [7, 11) is 1.78. The summed E-state index contributed by atoms with van der Waals surface area (Å²) in [5.41, 5.74) is 1.42.